The number of carbonyl (C=O) groups excluding carboxylic acids is 4. The van der Waals surface area contributed by atoms with Crippen molar-refractivity contribution in [3.05, 3.63) is 399 Å². The van der Waals surface area contributed by atoms with Crippen molar-refractivity contribution in [3.63, 3.8) is 0 Å². The monoisotopic (exact) mass is 2690 g/mol. The maximum Gasteiger partial charge on any atom is 1.00 e. The number of anilines is 6. The number of nitriles is 4. The van der Waals surface area contributed by atoms with Crippen LogP contribution >= 0.6 is 142 Å². The Morgan fingerprint density at radius 3 is 1.20 bits per heavy atom. The zero-order chi connectivity index (χ0) is 109. The smallest absolute Gasteiger partial charge is 0.870 e. The summed E-state index contributed by atoms with van der Waals surface area (Å²) < 4.78 is 57.1. The number of aromatic nitrogens is 4. The molecule has 2 heterocycles. The molecule has 0 atom stereocenters. The van der Waals surface area contributed by atoms with Crippen LogP contribution in [0, 0.1) is 77.0 Å². The molecule has 0 spiro atoms. The van der Waals surface area contributed by atoms with Crippen molar-refractivity contribution >= 4 is 269 Å². The zero-order valence-corrected chi connectivity index (χ0v) is 100. The summed E-state index contributed by atoms with van der Waals surface area (Å²) in [7, 11) is 3.85. The van der Waals surface area contributed by atoms with Gasteiger partial charge in [0.1, 0.15) is 23.7 Å². The maximum atomic E-state index is 10.9. The minimum absolute atomic E-state index is 0. The fraction of sp³-hybridized carbons (Fsp3) is 0.112. The Labute approximate surface area is 1000 Å². The number of ether oxygens (including phenoxy) is 3. The van der Waals surface area contributed by atoms with Gasteiger partial charge in [0.25, 0.3) is 17.9 Å². The summed E-state index contributed by atoms with van der Waals surface area (Å²) in [5.74, 6) is 0. The average molecular weight is 2700 g/mol. The third-order valence-corrected chi connectivity index (χ3v) is 21.2. The third-order valence-electron chi connectivity index (χ3n) is 17.6. The molecule has 0 unspecified atom stereocenters. The molecule has 0 aliphatic carbocycles. The second kappa shape index (κ2) is 83.0. The van der Waals surface area contributed by atoms with Crippen LogP contribution in [0.15, 0.2) is 334 Å². The number of benzene rings is 13. The molecule has 13 aromatic carbocycles. The van der Waals surface area contributed by atoms with Crippen molar-refractivity contribution in [1.29, 1.82) is 21.0 Å². The molecule has 0 saturated carbocycles. The Balaban J connectivity index is -0.00000161. The summed E-state index contributed by atoms with van der Waals surface area (Å²) in [6.07, 6.45) is 6.14. The van der Waals surface area contributed by atoms with Gasteiger partial charge in [0, 0.05) is 87.2 Å². The molecule has 2 radical (unpaired) electrons. The van der Waals surface area contributed by atoms with E-state index in [1.165, 1.54) is 39.7 Å². The van der Waals surface area contributed by atoms with Crippen LogP contribution in [0.25, 0.3) is 49.4 Å². The van der Waals surface area contributed by atoms with Gasteiger partial charge in [0.15, 0.2) is 5.69 Å². The molecule has 0 aliphatic heterocycles. The number of nitrogens with zero attached hydrogens (tertiary/aromatic N) is 12. The van der Waals surface area contributed by atoms with Crippen LogP contribution in [0.1, 0.15) is 68.0 Å². The van der Waals surface area contributed by atoms with Gasteiger partial charge >= 0.3 is 137 Å². The topological polar surface area (TPSA) is 600 Å². The van der Waals surface area contributed by atoms with E-state index in [4.69, 9.17) is 128 Å². The SMILES string of the molecule is Brc1cccc(Br)c1.CCOC(OCC)OCC.CCc1ccc(-c2ccc3ncn(-c4ccc(C#N)cc4)c3c2)cc1.CCc1ccc(B(O)O)cc1.Cl.N#Cc1ccc(-n2cnc3ccc(Br)cc32)cc1.N#Cc1ccc(Nc2cc(Br)ccc2N)cc1.N#Cc1ccc(Nc2cc(Br)ccc2[N+](=O)[O-])cc1.O=C=O.O=C=O.O=NO[O-].O=S(=O)(O)O.O=[N+]([O-])c1ccc(Br)cc1Br.[C-]#[N+]c1ccc(N)cc1.[Cl][Sn][Cl].[K+].[Li+].[OH-]. The molecule has 2 aromatic heterocycles. The first-order valence-corrected chi connectivity index (χ1v) is 55.5. The molecule has 0 bridgehead atoms. The Bertz CT molecular complexity index is 6970. The number of imidazole rings is 2. The molecule has 15 rings (SSSR count). The van der Waals surface area contributed by atoms with E-state index in [1.54, 1.807) is 116 Å². The van der Waals surface area contributed by atoms with E-state index in [0.717, 1.165) is 84.5 Å². The summed E-state index contributed by atoms with van der Waals surface area (Å²) in [5, 5.41) is 89.8. The predicted octanol–water partition coefficient (Wildman–Crippen LogP) is 18.3. The molecule has 0 amide bonds. The fourth-order valence-corrected chi connectivity index (χ4v) is 14.4. The van der Waals surface area contributed by atoms with Gasteiger partial charge in [-0.1, -0.05) is 182 Å². The van der Waals surface area contributed by atoms with E-state index in [-0.39, 0.29) is 112 Å². The largest absolute Gasteiger partial charge is 1.00 e. The van der Waals surface area contributed by atoms with Gasteiger partial charge < -0.3 is 62.1 Å². The molecule has 0 saturated heterocycles. The number of fused-ring (bicyclic) bond motifs is 2. The van der Waals surface area contributed by atoms with Crippen LogP contribution in [-0.2, 0) is 61.6 Å². The summed E-state index contributed by atoms with van der Waals surface area (Å²) in [5.41, 5.74) is 30.1. The summed E-state index contributed by atoms with van der Waals surface area (Å²) in [6, 6.07) is 95.3. The van der Waals surface area contributed by atoms with E-state index in [2.05, 4.69) is 221 Å². The fourth-order valence-electron chi connectivity index (χ4n) is 11.0. The first kappa shape index (κ1) is 143. The average Bonchev–Trinajstić information content (AvgIpc) is 1.60. The van der Waals surface area contributed by atoms with Crippen LogP contribution in [0.2, 0.25) is 0 Å². The van der Waals surface area contributed by atoms with Crippen molar-refractivity contribution in [1.82, 2.24) is 19.1 Å². The molecule has 0 fully saturated rings. The van der Waals surface area contributed by atoms with Crippen LogP contribution in [0.5, 0.6) is 0 Å². The second-order valence-electron chi connectivity index (χ2n) is 27.2. The molecule has 52 heteroatoms. The van der Waals surface area contributed by atoms with Gasteiger partial charge in [0.2, 0.25) is 0 Å². The minimum atomic E-state index is -4.67. The Morgan fingerprint density at radius 1 is 0.513 bits per heavy atom. The molecule has 37 nitrogen and oxygen atoms in total. The van der Waals surface area contributed by atoms with Gasteiger partial charge in [-0.3, -0.25) is 38.5 Å². The van der Waals surface area contributed by atoms with E-state index in [0.29, 0.717) is 80.4 Å². The third kappa shape index (κ3) is 58.8. The molecule has 11 N–H and O–H groups in total. The first-order valence-electron chi connectivity index (χ1n) is 41.4. The maximum absolute atomic E-state index is 10.9. The Morgan fingerprint density at radius 2 is 0.847 bits per heavy atom. The van der Waals surface area contributed by atoms with Crippen LogP contribution in [-0.4, -0.2) is 127 Å². The van der Waals surface area contributed by atoms with E-state index >= 15 is 0 Å². The van der Waals surface area contributed by atoms with Gasteiger partial charge in [0.05, 0.1) is 101 Å². The number of nitro benzene ring substituents is 2. The van der Waals surface area contributed by atoms with Crippen LogP contribution in [0.4, 0.5) is 51.2 Å². The molecule has 770 valence electrons. The van der Waals surface area contributed by atoms with E-state index in [1.807, 2.05) is 159 Å². The quantitative estimate of drug-likeness (QED) is 0.00429. The molecule has 0 aliphatic rings. The number of nitrogens with two attached hydrogens (primary N) is 2. The van der Waals surface area contributed by atoms with E-state index in [9.17, 15) is 20.2 Å². The van der Waals surface area contributed by atoms with Gasteiger partial charge in [-0.15, -0.1) is 17.3 Å². The molecule has 15 aromatic rings. The van der Waals surface area contributed by atoms with Gasteiger partial charge in [-0.25, -0.2) is 14.8 Å². The van der Waals surface area contributed by atoms with Crippen LogP contribution in [0.3, 0.4) is 0 Å². The number of aryl methyl sites for hydroxylation is 2. The van der Waals surface area contributed by atoms with Gasteiger partial charge in [-0.05, 0) is 277 Å². The normalized spacial score (nSPS) is 9.25. The van der Waals surface area contributed by atoms with Crippen molar-refractivity contribution in [2.75, 3.05) is 41.9 Å². The van der Waals surface area contributed by atoms with Gasteiger partial charge in [-0.2, -0.15) is 48.6 Å². The van der Waals surface area contributed by atoms with Crippen molar-refractivity contribution in [2.24, 2.45) is 5.34 Å². The second-order valence-corrected chi connectivity index (χ2v) is 38.7. The Kier molecular flexibility index (Phi) is 79.3. The van der Waals surface area contributed by atoms with Crippen molar-refractivity contribution in [2.45, 2.75) is 53.9 Å². The number of hydrogen-bond donors (Lipinski definition) is 8. The Hall–Kier alpha value is -10.7. The number of hydrogen-bond acceptors (Lipinski definition) is 30. The summed E-state index contributed by atoms with van der Waals surface area (Å²) >= 11 is 22.2. The van der Waals surface area contributed by atoms with E-state index < -0.39 is 52.7 Å². The summed E-state index contributed by atoms with van der Waals surface area (Å²) in [4.78, 5) is 75.7. The zero-order valence-electron chi connectivity index (χ0n) is 80.0. The van der Waals surface area contributed by atoms with Crippen LogP contribution < -0.4 is 103 Å². The number of halogens is 10. The molecular formula is C98H87BBr7Cl3KLiN16O21SSn. The molecular weight excluding hydrogens is 2610 g/mol. The minimum Gasteiger partial charge on any atom is -0.870 e. The summed E-state index contributed by atoms with van der Waals surface area (Å²) in [6.45, 7) is 17.9. The number of nitrogens with one attached hydrogen (secondary N) is 2. The number of nitrogen functional groups attached to an aromatic ring is 2. The first-order chi connectivity index (χ1) is 69.8. The predicted molar refractivity (Wildman–Crippen MR) is 592 cm³/mol. The molecule has 150 heavy (non-hydrogen) atoms. The number of rotatable bonds is 19. The standard InChI is InChI=1S/C22H17N3.C14H8BrN3.C13H8BrN3O2.C13H10BrN3.C8H11BO2.C7H6N2.C7H16O3.C6H3Br2NO2.C6H4Br2.2CO2.3ClH.K.Li.HNO3.H2O4S.H2O.Sn/c1-2-16-3-7-18(8-4-16)19-9-12-21-22(13-19)25(15-24-21)20-10-5-17(14-23)6-11-20;15-11-3-6-13-14(7-11)18(9-17-13)12-4-1-10(8-16)2-5-12;14-10-3-6-13(17(18)19)12(7-10)16-11-4-1-9(8-15)2-5-11;14-10-3-6-12(16)13(7-10)17-11-4-1-9(8-15)2-5-11;1-2-7-3-5-8(6-4-7)9(10)11;1-9-7-4-2-6(8)3-5-7;1-4-8-7(9-5-2)10-6-3;7-4-1-2-6(9(10)11)5(8)3-4;7-5-2-1-3-6(8)4-5;2*2-1-3;;;;;;2-1-4-3;1-5(2,3)4;;/h3-13,15H,2H2,1H3;1-7,9H;1-7,16H;1-7,17H,16H2;3-6,10-11H,2H2,1H3;2-5H,8H2;7H,4-6H2,1-3H3;1-3H;1-4H;;;3*1H;;;3H;(H2,1,2,3,4);1H2;/q;;;;;;;;;;;;;;2*+1;;;;+2/p-4. The van der Waals surface area contributed by atoms with Crippen molar-refractivity contribution in [3.8, 4) is 46.8 Å². The van der Waals surface area contributed by atoms with Crippen molar-refractivity contribution < 1.29 is 157 Å². The number of nitro groups is 2.